The van der Waals surface area contributed by atoms with Crippen molar-refractivity contribution in [3.05, 3.63) is 12.4 Å². The first kappa shape index (κ1) is 19.8. The lowest BCUT2D eigenvalue weighted by molar-refractivity contribution is -0.119. The summed E-state index contributed by atoms with van der Waals surface area (Å²) in [7, 11) is -0.585. The smallest absolute Gasteiger partial charge is 0.473 e. The predicted octanol–water partition coefficient (Wildman–Crippen LogP) is 1.97. The van der Waals surface area contributed by atoms with Crippen molar-refractivity contribution < 1.29 is 18.8 Å². The Labute approximate surface area is 176 Å². The monoisotopic (exact) mass is 412 g/mol. The quantitative estimate of drug-likeness (QED) is 0.756. The Morgan fingerprint density at radius 1 is 1.27 bits per heavy atom. The highest BCUT2D eigenvalue weighted by Gasteiger charge is 2.52. The topological polar surface area (TPSA) is 87.5 Å². The Morgan fingerprint density at radius 3 is 2.57 bits per heavy atom. The van der Waals surface area contributed by atoms with Crippen LogP contribution in [0.5, 0.6) is 5.88 Å². The Kier molecular flexibility index (Phi) is 4.42. The number of hydrogen-bond acceptors (Lipinski definition) is 6. The number of pyridine rings is 1. The van der Waals surface area contributed by atoms with Gasteiger partial charge in [0.25, 0.3) is 0 Å². The first-order valence-electron chi connectivity index (χ1n) is 10.8. The van der Waals surface area contributed by atoms with Crippen molar-refractivity contribution >= 4 is 29.7 Å². The summed E-state index contributed by atoms with van der Waals surface area (Å²) in [6, 6.07) is 2.39. The van der Waals surface area contributed by atoms with Crippen molar-refractivity contribution in [3.63, 3.8) is 0 Å². The fraction of sp³-hybridized carbons (Fsp3) is 0.667. The molecule has 4 heterocycles. The summed E-state index contributed by atoms with van der Waals surface area (Å²) in [5.41, 5.74) is 1.48. The van der Waals surface area contributed by atoms with Crippen LogP contribution in [-0.2, 0) is 14.1 Å². The molecule has 0 aromatic carbocycles. The Morgan fingerprint density at radius 2 is 1.97 bits per heavy atom. The normalized spacial score (nSPS) is 26.2. The molecule has 8 nitrogen and oxygen atoms in total. The van der Waals surface area contributed by atoms with Crippen molar-refractivity contribution in [1.29, 1.82) is 0 Å². The average molecular weight is 412 g/mol. The molecule has 2 aromatic heterocycles. The zero-order chi connectivity index (χ0) is 21.3. The molecule has 2 aromatic rings. The molecule has 30 heavy (non-hydrogen) atoms. The minimum absolute atomic E-state index is 0.0718. The van der Waals surface area contributed by atoms with Crippen LogP contribution >= 0.6 is 0 Å². The minimum Gasteiger partial charge on any atom is -0.473 e. The fourth-order valence-electron chi connectivity index (χ4n) is 4.07. The van der Waals surface area contributed by atoms with Gasteiger partial charge in [0, 0.05) is 24.9 Å². The van der Waals surface area contributed by atoms with Gasteiger partial charge in [0.05, 0.1) is 28.6 Å². The van der Waals surface area contributed by atoms with E-state index in [2.05, 4.69) is 14.9 Å². The van der Waals surface area contributed by atoms with Crippen LogP contribution in [0.1, 0.15) is 59.9 Å². The highest BCUT2D eigenvalue weighted by atomic mass is 16.7. The van der Waals surface area contributed by atoms with E-state index in [9.17, 15) is 4.79 Å². The highest BCUT2D eigenvalue weighted by Crippen LogP contribution is 2.40. The van der Waals surface area contributed by atoms with E-state index in [-0.39, 0.29) is 17.9 Å². The SMILES string of the molecule is C[C@@H](Oc1nc(B2OC(C)(C)C(C)(C)O2)cc2ncn(C3CC3)c12)[C@H]1CNC(=O)C1. The fourth-order valence-corrected chi connectivity index (χ4v) is 4.07. The molecule has 160 valence electrons. The number of hydrogen-bond donors (Lipinski definition) is 1. The van der Waals surface area contributed by atoms with E-state index in [1.54, 1.807) is 0 Å². The van der Waals surface area contributed by atoms with Gasteiger partial charge < -0.3 is 23.9 Å². The van der Waals surface area contributed by atoms with Crippen LogP contribution in [-0.4, -0.2) is 51.4 Å². The summed E-state index contributed by atoms with van der Waals surface area (Å²) in [6.07, 6.45) is 4.47. The molecule has 1 N–H and O–H groups in total. The Hall–Kier alpha value is -2.13. The molecule has 5 rings (SSSR count). The molecule has 3 aliphatic rings. The largest absolute Gasteiger partial charge is 0.514 e. The van der Waals surface area contributed by atoms with Gasteiger partial charge in [0.1, 0.15) is 11.6 Å². The molecular formula is C21H29BN4O4. The summed E-state index contributed by atoms with van der Waals surface area (Å²) in [5.74, 6) is 0.725. The van der Waals surface area contributed by atoms with Crippen LogP contribution in [0.2, 0.25) is 0 Å². The standard InChI is InChI=1S/C21H29BN4O4/c1-12(13-8-17(27)23-10-13)28-19-18-15(24-11-26(18)14-6-7-14)9-16(25-19)22-29-20(2,3)21(4,5)30-22/h9,11-14H,6-8,10H2,1-5H3,(H,23,27)/t12-,13-/m1/s1. The van der Waals surface area contributed by atoms with E-state index in [0.717, 1.165) is 23.9 Å². The molecule has 2 saturated heterocycles. The van der Waals surface area contributed by atoms with Crippen molar-refractivity contribution in [2.45, 2.75) is 77.2 Å². The lowest BCUT2D eigenvalue weighted by Crippen LogP contribution is -2.41. The van der Waals surface area contributed by atoms with Crippen molar-refractivity contribution in [2.24, 2.45) is 5.92 Å². The van der Waals surface area contributed by atoms with Gasteiger partial charge in [0.15, 0.2) is 0 Å². The maximum absolute atomic E-state index is 11.7. The maximum atomic E-state index is 11.7. The van der Waals surface area contributed by atoms with Crippen molar-refractivity contribution in [3.8, 4) is 5.88 Å². The van der Waals surface area contributed by atoms with Gasteiger partial charge in [-0.1, -0.05) is 0 Å². The molecule has 1 aliphatic carbocycles. The average Bonchev–Trinajstić information content (AvgIpc) is 3.18. The number of nitrogens with zero attached hydrogens (tertiary/aromatic N) is 3. The predicted molar refractivity (Wildman–Crippen MR) is 113 cm³/mol. The summed E-state index contributed by atoms with van der Waals surface area (Å²) >= 11 is 0. The maximum Gasteiger partial charge on any atom is 0.514 e. The van der Waals surface area contributed by atoms with Gasteiger partial charge in [-0.25, -0.2) is 9.97 Å². The molecule has 9 heteroatoms. The third-order valence-electron chi connectivity index (χ3n) is 6.95. The molecule has 0 bridgehead atoms. The lowest BCUT2D eigenvalue weighted by Gasteiger charge is -2.32. The molecule has 1 amide bonds. The number of rotatable bonds is 5. The minimum atomic E-state index is -0.585. The van der Waals surface area contributed by atoms with Gasteiger partial charge in [-0.2, -0.15) is 0 Å². The number of carbonyl (C=O) groups excluding carboxylic acids is 1. The van der Waals surface area contributed by atoms with E-state index >= 15 is 0 Å². The third-order valence-corrected chi connectivity index (χ3v) is 6.95. The highest BCUT2D eigenvalue weighted by molar-refractivity contribution is 6.61. The number of aromatic nitrogens is 3. The Balaban J connectivity index is 1.52. The van der Waals surface area contributed by atoms with Crippen LogP contribution < -0.4 is 15.6 Å². The van der Waals surface area contributed by atoms with Gasteiger partial charge >= 0.3 is 7.12 Å². The Bertz CT molecular complexity index is 984. The zero-order valence-electron chi connectivity index (χ0n) is 18.3. The summed E-state index contributed by atoms with van der Waals surface area (Å²) < 4.78 is 20.9. The number of amides is 1. The van der Waals surface area contributed by atoms with E-state index in [0.29, 0.717) is 30.5 Å². The number of nitrogens with one attached hydrogen (secondary N) is 1. The summed E-state index contributed by atoms with van der Waals surface area (Å²) in [4.78, 5) is 21.1. The van der Waals surface area contributed by atoms with Crippen LogP contribution in [0.4, 0.5) is 0 Å². The molecule has 0 radical (unpaired) electrons. The van der Waals surface area contributed by atoms with Gasteiger partial charge in [-0.05, 0) is 53.5 Å². The van der Waals surface area contributed by atoms with Gasteiger partial charge in [0.2, 0.25) is 11.8 Å². The van der Waals surface area contributed by atoms with E-state index in [1.807, 2.05) is 47.0 Å². The molecular weight excluding hydrogens is 383 g/mol. The van der Waals surface area contributed by atoms with Crippen LogP contribution in [0, 0.1) is 5.92 Å². The zero-order valence-corrected chi connectivity index (χ0v) is 18.3. The van der Waals surface area contributed by atoms with Crippen molar-refractivity contribution in [1.82, 2.24) is 19.9 Å². The lowest BCUT2D eigenvalue weighted by atomic mass is 9.84. The number of ether oxygens (including phenoxy) is 1. The number of imidazole rings is 1. The van der Waals surface area contributed by atoms with Crippen LogP contribution in [0.3, 0.4) is 0 Å². The van der Waals surface area contributed by atoms with E-state index in [4.69, 9.17) is 19.0 Å². The third kappa shape index (κ3) is 3.28. The number of fused-ring (bicyclic) bond motifs is 1. The molecule has 0 spiro atoms. The van der Waals surface area contributed by atoms with E-state index < -0.39 is 18.3 Å². The molecule has 3 fully saturated rings. The molecule has 1 saturated carbocycles. The first-order chi connectivity index (χ1) is 14.1. The molecule has 0 unspecified atom stereocenters. The van der Waals surface area contributed by atoms with Gasteiger partial charge in [-0.15, -0.1) is 0 Å². The van der Waals surface area contributed by atoms with Crippen LogP contribution in [0.15, 0.2) is 12.4 Å². The first-order valence-corrected chi connectivity index (χ1v) is 10.8. The summed E-state index contributed by atoms with van der Waals surface area (Å²) in [5, 5.41) is 2.89. The van der Waals surface area contributed by atoms with Crippen molar-refractivity contribution in [2.75, 3.05) is 6.54 Å². The number of carbonyl (C=O) groups is 1. The van der Waals surface area contributed by atoms with Gasteiger partial charge in [-0.3, -0.25) is 4.79 Å². The van der Waals surface area contributed by atoms with Crippen LogP contribution in [0.25, 0.3) is 11.0 Å². The second kappa shape index (κ2) is 6.69. The summed E-state index contributed by atoms with van der Waals surface area (Å²) in [6.45, 7) is 10.7. The second-order valence-electron chi connectivity index (χ2n) is 9.78. The molecule has 2 atom stereocenters. The van der Waals surface area contributed by atoms with E-state index in [1.165, 1.54) is 0 Å². The molecule has 2 aliphatic heterocycles. The second-order valence-corrected chi connectivity index (χ2v) is 9.78.